The highest BCUT2D eigenvalue weighted by molar-refractivity contribution is 5.40. The van der Waals surface area contributed by atoms with E-state index in [1.807, 2.05) is 6.92 Å². The monoisotopic (exact) mass is 272 g/mol. The molecule has 0 atom stereocenters. The van der Waals surface area contributed by atoms with Crippen LogP contribution in [-0.2, 0) is 0 Å². The molecule has 2 rings (SSSR count). The van der Waals surface area contributed by atoms with Gasteiger partial charge in [-0.25, -0.2) is 14.4 Å². The van der Waals surface area contributed by atoms with E-state index in [9.17, 15) is 4.39 Å². The van der Waals surface area contributed by atoms with Crippen LogP contribution in [-0.4, -0.2) is 16.5 Å². The first kappa shape index (κ1) is 13.7. The van der Waals surface area contributed by atoms with Crippen LogP contribution in [0.4, 0.5) is 10.2 Å². The third kappa shape index (κ3) is 3.42. The molecule has 2 aromatic rings. The number of halogens is 1. The first-order valence-corrected chi connectivity index (χ1v) is 6.16. The van der Waals surface area contributed by atoms with Gasteiger partial charge in [0.05, 0.1) is 5.56 Å². The van der Waals surface area contributed by atoms with Crippen molar-refractivity contribution in [1.29, 1.82) is 5.26 Å². The summed E-state index contributed by atoms with van der Waals surface area (Å²) in [7, 11) is 0. The zero-order valence-electron chi connectivity index (χ0n) is 10.9. The minimum absolute atomic E-state index is 0.0228. The van der Waals surface area contributed by atoms with Crippen LogP contribution in [0.2, 0.25) is 0 Å². The molecule has 1 heterocycles. The average molecular weight is 272 g/mol. The van der Waals surface area contributed by atoms with E-state index in [-0.39, 0.29) is 11.3 Å². The topological polar surface area (TPSA) is 70.8 Å². The molecule has 20 heavy (non-hydrogen) atoms. The summed E-state index contributed by atoms with van der Waals surface area (Å²) < 4.78 is 18.9. The predicted molar refractivity (Wildman–Crippen MR) is 72.0 cm³/mol. The van der Waals surface area contributed by atoms with Crippen LogP contribution >= 0.6 is 0 Å². The molecule has 0 unspecified atom stereocenters. The number of hydrogen-bond acceptors (Lipinski definition) is 5. The van der Waals surface area contributed by atoms with E-state index in [4.69, 9.17) is 10.00 Å². The Bertz CT molecular complexity index is 639. The van der Waals surface area contributed by atoms with Gasteiger partial charge >= 0.3 is 0 Å². The Balaban J connectivity index is 2.13. The summed E-state index contributed by atoms with van der Waals surface area (Å²) in [5.74, 6) is 0.610. The average Bonchev–Trinajstić information content (AvgIpc) is 2.46. The minimum Gasteiger partial charge on any atom is -0.439 e. The maximum atomic E-state index is 13.5. The number of nitriles is 1. The Labute approximate surface area is 116 Å². The van der Waals surface area contributed by atoms with E-state index < -0.39 is 5.82 Å². The molecule has 1 N–H and O–H groups in total. The summed E-state index contributed by atoms with van der Waals surface area (Å²) in [6, 6.07) is 7.42. The lowest BCUT2D eigenvalue weighted by Gasteiger charge is -2.07. The van der Waals surface area contributed by atoms with Gasteiger partial charge in [0.25, 0.3) is 0 Å². The van der Waals surface area contributed by atoms with E-state index in [0.29, 0.717) is 11.7 Å². The number of rotatable bonds is 5. The normalized spacial score (nSPS) is 9.85. The summed E-state index contributed by atoms with van der Waals surface area (Å²) >= 11 is 0. The number of anilines is 1. The van der Waals surface area contributed by atoms with Gasteiger partial charge in [0.1, 0.15) is 29.8 Å². The Morgan fingerprint density at radius 1 is 1.35 bits per heavy atom. The fourth-order valence-corrected chi connectivity index (χ4v) is 1.52. The molecule has 0 aliphatic heterocycles. The van der Waals surface area contributed by atoms with Crippen molar-refractivity contribution in [2.24, 2.45) is 0 Å². The van der Waals surface area contributed by atoms with Crippen LogP contribution < -0.4 is 10.1 Å². The predicted octanol–water partition coefficient (Wildman–Crippen LogP) is 3.10. The first-order chi connectivity index (χ1) is 9.72. The standard InChI is InChI=1S/C14H13FN4O/c1-2-5-17-13-7-14(19-9-18-13)20-11-4-3-10(8-16)12(15)6-11/h3-4,6-7,9H,2,5H2,1H3,(H,17,18,19). The molecule has 0 radical (unpaired) electrons. The van der Waals surface area contributed by atoms with E-state index in [2.05, 4.69) is 15.3 Å². The van der Waals surface area contributed by atoms with Crippen LogP contribution in [0.1, 0.15) is 18.9 Å². The fourth-order valence-electron chi connectivity index (χ4n) is 1.52. The van der Waals surface area contributed by atoms with Crippen molar-refractivity contribution in [3.8, 4) is 17.7 Å². The van der Waals surface area contributed by atoms with Crippen molar-refractivity contribution >= 4 is 5.82 Å². The number of benzene rings is 1. The molecule has 0 aliphatic carbocycles. The summed E-state index contributed by atoms with van der Waals surface area (Å²) in [5, 5.41) is 11.8. The lowest BCUT2D eigenvalue weighted by molar-refractivity contribution is 0.457. The second kappa shape index (κ2) is 6.48. The van der Waals surface area contributed by atoms with Crippen LogP contribution in [0.3, 0.4) is 0 Å². The molecule has 102 valence electrons. The zero-order valence-corrected chi connectivity index (χ0v) is 10.9. The van der Waals surface area contributed by atoms with Gasteiger partial charge in [-0.3, -0.25) is 0 Å². The number of nitrogens with zero attached hydrogens (tertiary/aromatic N) is 3. The van der Waals surface area contributed by atoms with Gasteiger partial charge in [0.2, 0.25) is 5.88 Å². The minimum atomic E-state index is -0.622. The Kier molecular flexibility index (Phi) is 4.45. The van der Waals surface area contributed by atoms with Gasteiger partial charge in [0.15, 0.2) is 0 Å². The SMILES string of the molecule is CCCNc1cc(Oc2ccc(C#N)c(F)c2)ncn1. The van der Waals surface area contributed by atoms with E-state index in [0.717, 1.165) is 19.0 Å². The molecule has 1 aromatic carbocycles. The van der Waals surface area contributed by atoms with Crippen molar-refractivity contribution in [2.45, 2.75) is 13.3 Å². The highest BCUT2D eigenvalue weighted by Crippen LogP contribution is 2.22. The molecule has 0 saturated heterocycles. The number of hydrogen-bond donors (Lipinski definition) is 1. The van der Waals surface area contributed by atoms with Gasteiger partial charge in [-0.15, -0.1) is 0 Å². The van der Waals surface area contributed by atoms with Gasteiger partial charge in [-0.1, -0.05) is 6.92 Å². The van der Waals surface area contributed by atoms with Gasteiger partial charge in [0, 0.05) is 18.7 Å². The Hall–Kier alpha value is -2.68. The quantitative estimate of drug-likeness (QED) is 0.905. The Morgan fingerprint density at radius 2 is 2.20 bits per heavy atom. The molecule has 6 heteroatoms. The molecular formula is C14H13FN4O. The molecule has 0 aliphatic rings. The molecule has 0 fully saturated rings. The molecule has 0 saturated carbocycles. The van der Waals surface area contributed by atoms with Crippen molar-refractivity contribution < 1.29 is 9.13 Å². The van der Waals surface area contributed by atoms with Crippen LogP contribution in [0, 0.1) is 17.1 Å². The number of aromatic nitrogens is 2. The maximum Gasteiger partial charge on any atom is 0.224 e. The van der Waals surface area contributed by atoms with Gasteiger partial charge < -0.3 is 10.1 Å². The lowest BCUT2D eigenvalue weighted by Crippen LogP contribution is -2.02. The van der Waals surface area contributed by atoms with Crippen molar-refractivity contribution in [1.82, 2.24) is 9.97 Å². The smallest absolute Gasteiger partial charge is 0.224 e. The van der Waals surface area contributed by atoms with Crippen LogP contribution in [0.25, 0.3) is 0 Å². The molecule has 5 nitrogen and oxygen atoms in total. The second-order valence-corrected chi connectivity index (χ2v) is 4.02. The Morgan fingerprint density at radius 3 is 2.90 bits per heavy atom. The molecular weight excluding hydrogens is 259 g/mol. The molecule has 0 spiro atoms. The van der Waals surface area contributed by atoms with Crippen LogP contribution in [0.15, 0.2) is 30.6 Å². The van der Waals surface area contributed by atoms with E-state index >= 15 is 0 Å². The molecule has 0 amide bonds. The molecule has 1 aromatic heterocycles. The highest BCUT2D eigenvalue weighted by Gasteiger charge is 2.06. The van der Waals surface area contributed by atoms with E-state index in [1.165, 1.54) is 18.5 Å². The lowest BCUT2D eigenvalue weighted by atomic mass is 10.2. The van der Waals surface area contributed by atoms with Crippen molar-refractivity contribution in [3.63, 3.8) is 0 Å². The van der Waals surface area contributed by atoms with E-state index in [1.54, 1.807) is 12.1 Å². The van der Waals surface area contributed by atoms with Gasteiger partial charge in [-0.05, 0) is 18.6 Å². The van der Waals surface area contributed by atoms with Crippen molar-refractivity contribution in [2.75, 3.05) is 11.9 Å². The summed E-state index contributed by atoms with van der Waals surface area (Å²) in [4.78, 5) is 8.00. The van der Waals surface area contributed by atoms with Gasteiger partial charge in [-0.2, -0.15) is 5.26 Å². The van der Waals surface area contributed by atoms with Crippen LogP contribution in [0.5, 0.6) is 11.6 Å². The second-order valence-electron chi connectivity index (χ2n) is 4.02. The van der Waals surface area contributed by atoms with Crippen molar-refractivity contribution in [3.05, 3.63) is 42.0 Å². The number of nitrogens with one attached hydrogen (secondary N) is 1. The fraction of sp³-hybridized carbons (Fsp3) is 0.214. The maximum absolute atomic E-state index is 13.5. The summed E-state index contributed by atoms with van der Waals surface area (Å²) in [5.41, 5.74) is -0.0228. The zero-order chi connectivity index (χ0) is 14.4. The third-order valence-electron chi connectivity index (χ3n) is 2.48. The third-order valence-corrected chi connectivity index (χ3v) is 2.48. The first-order valence-electron chi connectivity index (χ1n) is 6.16. The number of ether oxygens (including phenoxy) is 1. The largest absolute Gasteiger partial charge is 0.439 e. The summed E-state index contributed by atoms with van der Waals surface area (Å²) in [6.07, 6.45) is 2.34. The molecule has 0 bridgehead atoms. The highest BCUT2D eigenvalue weighted by atomic mass is 19.1. The summed E-state index contributed by atoms with van der Waals surface area (Å²) in [6.45, 7) is 2.84.